The Morgan fingerprint density at radius 1 is 1.28 bits per heavy atom. The summed E-state index contributed by atoms with van der Waals surface area (Å²) in [4.78, 5) is 3.79. The summed E-state index contributed by atoms with van der Waals surface area (Å²) in [5, 5.41) is 0. The van der Waals surface area contributed by atoms with E-state index in [0.717, 1.165) is 18.8 Å². The molecule has 2 aromatic rings. The summed E-state index contributed by atoms with van der Waals surface area (Å²) < 4.78 is 5.39. The molecule has 18 heavy (non-hydrogen) atoms. The third-order valence-corrected chi connectivity index (χ3v) is 4.59. The van der Waals surface area contributed by atoms with E-state index < -0.39 is 0 Å². The quantitative estimate of drug-likeness (QED) is 0.834. The third-order valence-electron chi connectivity index (χ3n) is 3.34. The Labute approximate surface area is 112 Å². The standard InChI is InChI=1S/C15H17NOS/c1-16(10-13-5-4-8-17-13)9-12-11-18-15-7-3-2-6-14(12)15/h2-8,12H,9-11H2,1H3. The van der Waals surface area contributed by atoms with Crippen molar-refractivity contribution in [3.05, 3.63) is 54.0 Å². The molecular weight excluding hydrogens is 242 g/mol. The highest BCUT2D eigenvalue weighted by Gasteiger charge is 2.23. The van der Waals surface area contributed by atoms with E-state index in [1.807, 2.05) is 23.9 Å². The summed E-state index contributed by atoms with van der Waals surface area (Å²) in [6.07, 6.45) is 1.74. The van der Waals surface area contributed by atoms with Crippen molar-refractivity contribution in [2.24, 2.45) is 0 Å². The minimum atomic E-state index is 0.645. The molecule has 3 rings (SSSR count). The average molecular weight is 259 g/mol. The fourth-order valence-corrected chi connectivity index (χ4v) is 3.73. The Balaban J connectivity index is 1.64. The monoisotopic (exact) mass is 259 g/mol. The normalized spacial score (nSPS) is 18.2. The lowest BCUT2D eigenvalue weighted by Crippen LogP contribution is -2.24. The number of rotatable bonds is 4. The lowest BCUT2D eigenvalue weighted by Gasteiger charge is -2.20. The fraction of sp³-hybridized carbons (Fsp3) is 0.333. The predicted molar refractivity (Wildman–Crippen MR) is 74.9 cm³/mol. The van der Waals surface area contributed by atoms with Gasteiger partial charge in [-0.1, -0.05) is 18.2 Å². The number of nitrogens with zero attached hydrogens (tertiary/aromatic N) is 1. The van der Waals surface area contributed by atoms with Crippen LogP contribution in [0.2, 0.25) is 0 Å². The van der Waals surface area contributed by atoms with Crippen LogP contribution in [-0.2, 0) is 6.54 Å². The van der Waals surface area contributed by atoms with Gasteiger partial charge in [-0.15, -0.1) is 11.8 Å². The van der Waals surface area contributed by atoms with Gasteiger partial charge in [-0.2, -0.15) is 0 Å². The van der Waals surface area contributed by atoms with Gasteiger partial charge in [0.15, 0.2) is 0 Å². The molecule has 0 bridgehead atoms. The van der Waals surface area contributed by atoms with Crippen molar-refractivity contribution in [1.82, 2.24) is 4.90 Å². The van der Waals surface area contributed by atoms with Crippen LogP contribution in [0.15, 0.2) is 52.0 Å². The van der Waals surface area contributed by atoms with Gasteiger partial charge >= 0.3 is 0 Å². The molecular formula is C15H17NOS. The summed E-state index contributed by atoms with van der Waals surface area (Å²) in [7, 11) is 2.16. The molecule has 3 heteroatoms. The molecule has 0 saturated heterocycles. The van der Waals surface area contributed by atoms with Gasteiger partial charge in [-0.25, -0.2) is 0 Å². The lowest BCUT2D eigenvalue weighted by molar-refractivity contribution is 0.283. The average Bonchev–Trinajstić information content (AvgIpc) is 3.00. The zero-order chi connectivity index (χ0) is 12.4. The molecule has 0 fully saturated rings. The van der Waals surface area contributed by atoms with Crippen LogP contribution in [0, 0.1) is 0 Å². The van der Waals surface area contributed by atoms with E-state index in [4.69, 9.17) is 4.42 Å². The molecule has 1 aromatic carbocycles. The summed E-state index contributed by atoms with van der Waals surface area (Å²) >= 11 is 1.98. The van der Waals surface area contributed by atoms with Crippen LogP contribution in [0.1, 0.15) is 17.2 Å². The first-order valence-corrected chi connectivity index (χ1v) is 7.24. The molecule has 2 heterocycles. The second-order valence-corrected chi connectivity index (χ2v) is 5.88. The SMILES string of the molecule is CN(Cc1ccco1)CC1CSc2ccccc21. The Morgan fingerprint density at radius 3 is 3.00 bits per heavy atom. The molecule has 0 aliphatic carbocycles. The number of thioether (sulfide) groups is 1. The molecule has 1 aliphatic heterocycles. The van der Waals surface area contributed by atoms with Gasteiger partial charge in [0.2, 0.25) is 0 Å². The topological polar surface area (TPSA) is 16.4 Å². The summed E-state index contributed by atoms with van der Waals surface area (Å²) in [5.41, 5.74) is 1.51. The highest BCUT2D eigenvalue weighted by Crippen LogP contribution is 2.39. The Hall–Kier alpha value is -1.19. The summed E-state index contributed by atoms with van der Waals surface area (Å²) in [5.74, 6) is 2.88. The van der Waals surface area contributed by atoms with Crippen LogP contribution in [0.5, 0.6) is 0 Å². The van der Waals surface area contributed by atoms with Gasteiger partial charge in [0, 0.05) is 23.1 Å². The molecule has 2 nitrogen and oxygen atoms in total. The number of likely N-dealkylation sites (N-methyl/N-ethyl adjacent to an activating group) is 1. The van der Waals surface area contributed by atoms with Crippen molar-refractivity contribution in [2.75, 3.05) is 19.3 Å². The van der Waals surface area contributed by atoms with Gasteiger partial charge in [0.05, 0.1) is 12.8 Å². The second-order valence-electron chi connectivity index (χ2n) is 4.82. The first kappa shape index (κ1) is 11.9. The fourth-order valence-electron chi connectivity index (χ4n) is 2.49. The van der Waals surface area contributed by atoms with Gasteiger partial charge in [0.1, 0.15) is 5.76 Å². The summed E-state index contributed by atoms with van der Waals surface area (Å²) in [6.45, 7) is 1.97. The van der Waals surface area contributed by atoms with Crippen LogP contribution in [0.4, 0.5) is 0 Å². The Morgan fingerprint density at radius 2 is 2.17 bits per heavy atom. The van der Waals surface area contributed by atoms with Crippen LogP contribution < -0.4 is 0 Å². The Bertz CT molecular complexity index is 509. The highest BCUT2D eigenvalue weighted by atomic mass is 32.2. The molecule has 0 spiro atoms. The minimum Gasteiger partial charge on any atom is -0.468 e. The minimum absolute atomic E-state index is 0.645. The van der Waals surface area contributed by atoms with E-state index in [9.17, 15) is 0 Å². The third kappa shape index (κ3) is 2.47. The zero-order valence-corrected chi connectivity index (χ0v) is 11.3. The van der Waals surface area contributed by atoms with Crippen LogP contribution >= 0.6 is 11.8 Å². The van der Waals surface area contributed by atoms with Crippen LogP contribution in [0.3, 0.4) is 0 Å². The second kappa shape index (κ2) is 5.21. The molecule has 0 N–H and O–H groups in total. The van der Waals surface area contributed by atoms with Crippen LogP contribution in [0.25, 0.3) is 0 Å². The van der Waals surface area contributed by atoms with Gasteiger partial charge in [-0.3, -0.25) is 4.90 Å². The number of hydrogen-bond donors (Lipinski definition) is 0. The maximum absolute atomic E-state index is 5.39. The molecule has 1 unspecified atom stereocenters. The van der Waals surface area contributed by atoms with Crippen molar-refractivity contribution in [3.8, 4) is 0 Å². The Kier molecular flexibility index (Phi) is 3.43. The van der Waals surface area contributed by atoms with E-state index >= 15 is 0 Å². The first-order chi connectivity index (χ1) is 8.83. The smallest absolute Gasteiger partial charge is 0.117 e. The van der Waals surface area contributed by atoms with Gasteiger partial charge in [0.25, 0.3) is 0 Å². The lowest BCUT2D eigenvalue weighted by atomic mass is 10.0. The van der Waals surface area contributed by atoms with E-state index in [2.05, 4.69) is 36.2 Å². The maximum atomic E-state index is 5.39. The van der Waals surface area contributed by atoms with Crippen molar-refractivity contribution >= 4 is 11.8 Å². The number of furan rings is 1. The largest absolute Gasteiger partial charge is 0.468 e. The van der Waals surface area contributed by atoms with Crippen molar-refractivity contribution in [1.29, 1.82) is 0 Å². The molecule has 1 atom stereocenters. The highest BCUT2D eigenvalue weighted by molar-refractivity contribution is 7.99. The molecule has 0 amide bonds. The molecule has 1 aliphatic rings. The first-order valence-electron chi connectivity index (χ1n) is 6.25. The predicted octanol–water partition coefficient (Wildman–Crippen LogP) is 3.60. The molecule has 0 saturated carbocycles. The van der Waals surface area contributed by atoms with E-state index in [1.165, 1.54) is 16.2 Å². The summed E-state index contributed by atoms with van der Waals surface area (Å²) in [6, 6.07) is 12.7. The van der Waals surface area contributed by atoms with Gasteiger partial charge < -0.3 is 4.42 Å². The number of benzene rings is 1. The van der Waals surface area contributed by atoms with Crippen molar-refractivity contribution < 1.29 is 4.42 Å². The number of hydrogen-bond acceptors (Lipinski definition) is 3. The molecule has 94 valence electrons. The molecule has 1 aromatic heterocycles. The van der Waals surface area contributed by atoms with Gasteiger partial charge in [-0.05, 0) is 30.8 Å². The van der Waals surface area contributed by atoms with Crippen LogP contribution in [-0.4, -0.2) is 24.2 Å². The van der Waals surface area contributed by atoms with Crippen molar-refractivity contribution in [2.45, 2.75) is 17.4 Å². The van der Waals surface area contributed by atoms with E-state index in [1.54, 1.807) is 6.26 Å². The van der Waals surface area contributed by atoms with Crippen molar-refractivity contribution in [3.63, 3.8) is 0 Å². The number of fused-ring (bicyclic) bond motifs is 1. The maximum Gasteiger partial charge on any atom is 0.117 e. The molecule has 0 radical (unpaired) electrons. The van der Waals surface area contributed by atoms with E-state index in [-0.39, 0.29) is 0 Å². The van der Waals surface area contributed by atoms with E-state index in [0.29, 0.717) is 5.92 Å². The zero-order valence-electron chi connectivity index (χ0n) is 10.5.